The van der Waals surface area contributed by atoms with E-state index in [4.69, 9.17) is 5.73 Å². The van der Waals surface area contributed by atoms with Crippen molar-refractivity contribution in [3.8, 4) is 0 Å². The van der Waals surface area contributed by atoms with Gasteiger partial charge in [-0.3, -0.25) is 4.90 Å². The zero-order valence-corrected chi connectivity index (χ0v) is 12.8. The third kappa shape index (κ3) is 3.53. The first-order chi connectivity index (χ1) is 8.20. The van der Waals surface area contributed by atoms with Crippen LogP contribution >= 0.6 is 27.3 Å². The Balaban J connectivity index is 1.95. The molecule has 0 unspecified atom stereocenters. The maximum absolute atomic E-state index is 5.97. The van der Waals surface area contributed by atoms with E-state index in [2.05, 4.69) is 39.2 Å². The minimum atomic E-state index is 0.443. The number of thiophene rings is 1. The quantitative estimate of drug-likeness (QED) is 0.919. The highest BCUT2D eigenvalue weighted by molar-refractivity contribution is 9.10. The maximum atomic E-state index is 5.97. The largest absolute Gasteiger partial charge is 0.328 e. The van der Waals surface area contributed by atoms with Gasteiger partial charge in [0, 0.05) is 28.0 Å². The average Bonchev–Trinajstić information content (AvgIpc) is 2.73. The lowest BCUT2D eigenvalue weighted by Crippen LogP contribution is -2.40. The Morgan fingerprint density at radius 3 is 2.65 bits per heavy atom. The van der Waals surface area contributed by atoms with Gasteiger partial charge in [0.25, 0.3) is 0 Å². The molecular formula is C13H21BrN2S. The van der Waals surface area contributed by atoms with Crippen molar-refractivity contribution in [3.05, 3.63) is 20.8 Å². The highest BCUT2D eigenvalue weighted by Crippen LogP contribution is 2.28. The van der Waals surface area contributed by atoms with Crippen LogP contribution in [0.25, 0.3) is 0 Å². The molecule has 0 bridgehead atoms. The monoisotopic (exact) mass is 316 g/mol. The highest BCUT2D eigenvalue weighted by atomic mass is 79.9. The lowest BCUT2D eigenvalue weighted by molar-refractivity contribution is 0.150. The summed E-state index contributed by atoms with van der Waals surface area (Å²) in [5, 5.41) is 2.16. The fourth-order valence-corrected chi connectivity index (χ4v) is 4.09. The lowest BCUT2D eigenvalue weighted by Gasteiger charge is -2.35. The van der Waals surface area contributed by atoms with Crippen molar-refractivity contribution in [1.82, 2.24) is 4.90 Å². The fraction of sp³-hybridized carbons (Fsp3) is 0.692. The molecule has 0 atom stereocenters. The van der Waals surface area contributed by atoms with E-state index in [0.29, 0.717) is 6.04 Å². The topological polar surface area (TPSA) is 29.3 Å². The Hall–Kier alpha value is 0.1000. The van der Waals surface area contributed by atoms with Crippen molar-refractivity contribution in [2.45, 2.75) is 51.2 Å². The molecule has 17 heavy (non-hydrogen) atoms. The van der Waals surface area contributed by atoms with E-state index in [1.165, 1.54) is 35.0 Å². The van der Waals surface area contributed by atoms with E-state index in [1.54, 1.807) is 0 Å². The molecule has 1 aromatic heterocycles. The van der Waals surface area contributed by atoms with Gasteiger partial charge in [0.1, 0.15) is 0 Å². The summed E-state index contributed by atoms with van der Waals surface area (Å²) in [4.78, 5) is 4.05. The molecule has 0 spiro atoms. The van der Waals surface area contributed by atoms with E-state index in [-0.39, 0.29) is 0 Å². The second-order valence-electron chi connectivity index (χ2n) is 4.82. The molecule has 1 saturated carbocycles. The molecule has 0 aromatic carbocycles. The minimum Gasteiger partial charge on any atom is -0.328 e. The van der Waals surface area contributed by atoms with Crippen LogP contribution in [0.1, 0.15) is 37.5 Å². The minimum absolute atomic E-state index is 0.443. The Bertz CT molecular complexity index is 345. The Labute approximate surface area is 116 Å². The van der Waals surface area contributed by atoms with Crippen LogP contribution in [0, 0.1) is 0 Å². The van der Waals surface area contributed by atoms with Crippen LogP contribution in [0.3, 0.4) is 0 Å². The second kappa shape index (κ2) is 6.32. The molecule has 2 nitrogen and oxygen atoms in total. The Kier molecular flexibility index (Phi) is 5.03. The zero-order chi connectivity index (χ0) is 12.3. The first-order valence-corrected chi connectivity index (χ1v) is 8.09. The molecule has 0 aliphatic heterocycles. The molecule has 1 aromatic rings. The summed E-state index contributed by atoms with van der Waals surface area (Å²) >= 11 is 5.47. The van der Waals surface area contributed by atoms with E-state index in [1.807, 2.05) is 11.3 Å². The van der Waals surface area contributed by atoms with Crippen LogP contribution in [0.2, 0.25) is 0 Å². The van der Waals surface area contributed by atoms with Gasteiger partial charge in [-0.15, -0.1) is 11.3 Å². The number of halogens is 1. The molecule has 2 rings (SSSR count). The molecule has 1 aliphatic carbocycles. The first-order valence-electron chi connectivity index (χ1n) is 6.42. The Morgan fingerprint density at radius 1 is 1.41 bits per heavy atom. The molecule has 96 valence electrons. The van der Waals surface area contributed by atoms with Gasteiger partial charge in [0.05, 0.1) is 0 Å². The average molecular weight is 317 g/mol. The molecule has 1 fully saturated rings. The lowest BCUT2D eigenvalue weighted by atomic mass is 9.90. The number of hydrogen-bond acceptors (Lipinski definition) is 3. The second-order valence-corrected chi connectivity index (χ2v) is 6.68. The van der Waals surface area contributed by atoms with Gasteiger partial charge in [0.2, 0.25) is 0 Å². The van der Waals surface area contributed by atoms with Crippen molar-refractivity contribution in [3.63, 3.8) is 0 Å². The predicted octanol–water partition coefficient (Wildman–Crippen LogP) is 3.60. The molecule has 4 heteroatoms. The molecule has 1 aliphatic rings. The van der Waals surface area contributed by atoms with Gasteiger partial charge < -0.3 is 5.73 Å². The molecule has 2 N–H and O–H groups in total. The predicted molar refractivity (Wildman–Crippen MR) is 78.3 cm³/mol. The third-order valence-corrected chi connectivity index (χ3v) is 5.61. The van der Waals surface area contributed by atoms with Crippen molar-refractivity contribution < 1.29 is 0 Å². The van der Waals surface area contributed by atoms with Crippen LogP contribution in [0.15, 0.2) is 15.9 Å². The highest BCUT2D eigenvalue weighted by Gasteiger charge is 2.23. The normalized spacial score (nSPS) is 25.4. The van der Waals surface area contributed by atoms with E-state index in [0.717, 1.165) is 19.1 Å². The van der Waals surface area contributed by atoms with Crippen molar-refractivity contribution in [1.29, 1.82) is 0 Å². The summed E-state index contributed by atoms with van der Waals surface area (Å²) in [5.74, 6) is 0. The Morgan fingerprint density at radius 2 is 2.12 bits per heavy atom. The van der Waals surface area contributed by atoms with Gasteiger partial charge >= 0.3 is 0 Å². The zero-order valence-electron chi connectivity index (χ0n) is 10.4. The summed E-state index contributed by atoms with van der Waals surface area (Å²) in [5.41, 5.74) is 5.97. The third-order valence-electron chi connectivity index (χ3n) is 3.70. The van der Waals surface area contributed by atoms with Crippen LogP contribution in [0.5, 0.6) is 0 Å². The maximum Gasteiger partial charge on any atom is 0.0342 e. The first kappa shape index (κ1) is 13.5. The molecule has 0 saturated heterocycles. The van der Waals surface area contributed by atoms with Crippen LogP contribution in [0.4, 0.5) is 0 Å². The van der Waals surface area contributed by atoms with Crippen LogP contribution in [-0.2, 0) is 6.54 Å². The smallest absolute Gasteiger partial charge is 0.0342 e. The van der Waals surface area contributed by atoms with E-state index in [9.17, 15) is 0 Å². The van der Waals surface area contributed by atoms with Gasteiger partial charge in [-0.05, 0) is 59.6 Å². The van der Waals surface area contributed by atoms with E-state index < -0.39 is 0 Å². The van der Waals surface area contributed by atoms with Gasteiger partial charge in [0.15, 0.2) is 0 Å². The molecule has 0 amide bonds. The number of hydrogen-bond donors (Lipinski definition) is 1. The summed E-state index contributed by atoms with van der Waals surface area (Å²) < 4.78 is 1.26. The number of nitrogens with zero attached hydrogens (tertiary/aromatic N) is 1. The van der Waals surface area contributed by atoms with Crippen LogP contribution < -0.4 is 5.73 Å². The fourth-order valence-electron chi connectivity index (χ4n) is 2.59. The summed E-state index contributed by atoms with van der Waals surface area (Å²) in [7, 11) is 0. The summed E-state index contributed by atoms with van der Waals surface area (Å²) in [6, 6.07) is 3.32. The molecular weight excluding hydrogens is 296 g/mol. The molecule has 0 radical (unpaired) electrons. The SMILES string of the molecule is CCN(Cc1sccc1Br)C1CCC(N)CC1. The molecule has 1 heterocycles. The van der Waals surface area contributed by atoms with E-state index >= 15 is 0 Å². The summed E-state index contributed by atoms with van der Waals surface area (Å²) in [6.45, 7) is 4.47. The standard InChI is InChI=1S/C13H21BrN2S/c1-2-16(9-13-12(14)7-8-17-13)11-5-3-10(15)4-6-11/h7-8,10-11H,2-6,9,15H2,1H3. The van der Waals surface area contributed by atoms with Crippen LogP contribution in [-0.4, -0.2) is 23.5 Å². The van der Waals surface area contributed by atoms with Gasteiger partial charge in [-0.25, -0.2) is 0 Å². The summed E-state index contributed by atoms with van der Waals surface area (Å²) in [6.07, 6.45) is 4.90. The van der Waals surface area contributed by atoms with Crippen molar-refractivity contribution >= 4 is 27.3 Å². The van der Waals surface area contributed by atoms with Gasteiger partial charge in [-0.1, -0.05) is 6.92 Å². The van der Waals surface area contributed by atoms with Crippen molar-refractivity contribution in [2.24, 2.45) is 5.73 Å². The van der Waals surface area contributed by atoms with Gasteiger partial charge in [-0.2, -0.15) is 0 Å². The number of nitrogens with two attached hydrogens (primary N) is 1. The van der Waals surface area contributed by atoms with Crippen molar-refractivity contribution in [2.75, 3.05) is 6.54 Å². The number of rotatable bonds is 4.